The van der Waals surface area contributed by atoms with Gasteiger partial charge in [0.1, 0.15) is 12.4 Å². The molecule has 1 N–H and O–H groups in total. The van der Waals surface area contributed by atoms with Crippen molar-refractivity contribution < 1.29 is 9.53 Å². The number of rotatable bonds is 8. The summed E-state index contributed by atoms with van der Waals surface area (Å²) in [6.45, 7) is 5.89. The molecule has 4 aromatic rings. The lowest BCUT2D eigenvalue weighted by molar-refractivity contribution is 0.102. The van der Waals surface area contributed by atoms with Crippen LogP contribution in [0.1, 0.15) is 27.0 Å². The molecule has 5 heteroatoms. The first-order chi connectivity index (χ1) is 16.6. The Hall–Kier alpha value is -4.51. The maximum Gasteiger partial charge on any atom is 0.259 e. The van der Waals surface area contributed by atoms with Gasteiger partial charge in [0.15, 0.2) is 0 Å². The van der Waals surface area contributed by atoms with Crippen LogP contribution in [-0.4, -0.2) is 17.6 Å². The fraction of sp³-hybridized carbons (Fsp3) is 0.0690. The molecule has 0 bridgehead atoms. The highest BCUT2D eigenvalue weighted by atomic mass is 16.5. The zero-order valence-corrected chi connectivity index (χ0v) is 18.9. The normalized spacial score (nSPS) is 10.7. The Morgan fingerprint density at radius 2 is 1.82 bits per heavy atom. The molecule has 4 rings (SSSR count). The molecular formula is C29H25N3O2. The Morgan fingerprint density at radius 1 is 1.03 bits per heavy atom. The third-order valence-corrected chi connectivity index (χ3v) is 5.35. The number of hydrogen-bond donors (Lipinski definition) is 1. The predicted molar refractivity (Wildman–Crippen MR) is 138 cm³/mol. The van der Waals surface area contributed by atoms with Gasteiger partial charge in [0.2, 0.25) is 0 Å². The number of benzene rings is 3. The van der Waals surface area contributed by atoms with Gasteiger partial charge in [-0.05, 0) is 71.8 Å². The van der Waals surface area contributed by atoms with Crippen molar-refractivity contribution in [2.45, 2.75) is 13.5 Å². The SMILES string of the molecule is C=N/C=C\c1ccc(-c2ccc(C(=O)Nc3cccnc3)c(OCc3ccccc3)c2)cc1C. The summed E-state index contributed by atoms with van der Waals surface area (Å²) in [4.78, 5) is 20.9. The third kappa shape index (κ3) is 5.64. The van der Waals surface area contributed by atoms with E-state index in [1.54, 1.807) is 36.8 Å². The summed E-state index contributed by atoms with van der Waals surface area (Å²) < 4.78 is 6.14. The van der Waals surface area contributed by atoms with Gasteiger partial charge in [0.05, 0.1) is 17.4 Å². The van der Waals surface area contributed by atoms with Crippen LogP contribution >= 0.6 is 0 Å². The minimum atomic E-state index is -0.254. The minimum absolute atomic E-state index is 0.254. The van der Waals surface area contributed by atoms with Crippen molar-refractivity contribution in [3.63, 3.8) is 0 Å². The number of ether oxygens (including phenoxy) is 1. The fourth-order valence-electron chi connectivity index (χ4n) is 3.55. The van der Waals surface area contributed by atoms with Crippen LogP contribution in [0, 0.1) is 6.92 Å². The minimum Gasteiger partial charge on any atom is -0.488 e. The van der Waals surface area contributed by atoms with E-state index in [0.717, 1.165) is 27.8 Å². The third-order valence-electron chi connectivity index (χ3n) is 5.35. The summed E-state index contributed by atoms with van der Waals surface area (Å²) in [5.74, 6) is 0.261. The average molecular weight is 448 g/mol. The molecule has 0 radical (unpaired) electrons. The second-order valence-electron chi connectivity index (χ2n) is 7.75. The molecule has 168 valence electrons. The highest BCUT2D eigenvalue weighted by Crippen LogP contribution is 2.30. The highest BCUT2D eigenvalue weighted by Gasteiger charge is 2.15. The molecular weight excluding hydrogens is 422 g/mol. The van der Waals surface area contributed by atoms with Crippen LogP contribution in [0.5, 0.6) is 5.75 Å². The molecule has 0 aliphatic carbocycles. The predicted octanol–water partition coefficient (Wildman–Crippen LogP) is 6.56. The summed E-state index contributed by atoms with van der Waals surface area (Å²) >= 11 is 0. The van der Waals surface area contributed by atoms with Crippen LogP contribution in [0.2, 0.25) is 0 Å². The molecule has 1 heterocycles. The van der Waals surface area contributed by atoms with Crippen molar-refractivity contribution in [3.05, 3.63) is 120 Å². The molecule has 0 aliphatic heterocycles. The van der Waals surface area contributed by atoms with E-state index in [-0.39, 0.29) is 5.91 Å². The van der Waals surface area contributed by atoms with Gasteiger partial charge in [-0.2, -0.15) is 0 Å². The number of carbonyl (C=O) groups is 1. The van der Waals surface area contributed by atoms with Crippen molar-refractivity contribution in [3.8, 4) is 16.9 Å². The van der Waals surface area contributed by atoms with Crippen LogP contribution in [0.15, 0.2) is 102 Å². The van der Waals surface area contributed by atoms with E-state index < -0.39 is 0 Å². The summed E-state index contributed by atoms with van der Waals surface area (Å²) in [6.07, 6.45) is 6.87. The first kappa shape index (κ1) is 22.7. The van der Waals surface area contributed by atoms with Crippen molar-refractivity contribution in [2.24, 2.45) is 4.99 Å². The number of nitrogens with zero attached hydrogens (tertiary/aromatic N) is 2. The van der Waals surface area contributed by atoms with Gasteiger partial charge in [-0.1, -0.05) is 54.6 Å². The number of anilines is 1. The summed E-state index contributed by atoms with van der Waals surface area (Å²) in [5, 5.41) is 2.89. The molecule has 0 spiro atoms. The van der Waals surface area contributed by atoms with Crippen LogP contribution in [0.4, 0.5) is 5.69 Å². The molecule has 0 unspecified atom stereocenters. The van der Waals surface area contributed by atoms with Gasteiger partial charge in [0, 0.05) is 12.4 Å². The Bertz CT molecular complexity index is 1320. The highest BCUT2D eigenvalue weighted by molar-refractivity contribution is 6.06. The number of hydrogen-bond acceptors (Lipinski definition) is 4. The molecule has 34 heavy (non-hydrogen) atoms. The summed E-state index contributed by atoms with van der Waals surface area (Å²) in [5.41, 5.74) is 6.28. The lowest BCUT2D eigenvalue weighted by Gasteiger charge is -2.14. The van der Waals surface area contributed by atoms with Crippen LogP contribution in [-0.2, 0) is 6.61 Å². The second kappa shape index (κ2) is 10.9. The van der Waals surface area contributed by atoms with Gasteiger partial charge in [0.25, 0.3) is 5.91 Å². The van der Waals surface area contributed by atoms with E-state index in [2.05, 4.69) is 35.0 Å². The number of pyridine rings is 1. The van der Waals surface area contributed by atoms with Crippen molar-refractivity contribution in [2.75, 3.05) is 5.32 Å². The van der Waals surface area contributed by atoms with Gasteiger partial charge in [-0.3, -0.25) is 14.8 Å². The van der Waals surface area contributed by atoms with Gasteiger partial charge < -0.3 is 10.1 Å². The van der Waals surface area contributed by atoms with E-state index in [0.29, 0.717) is 23.6 Å². The molecule has 5 nitrogen and oxygen atoms in total. The smallest absolute Gasteiger partial charge is 0.259 e. The first-order valence-corrected chi connectivity index (χ1v) is 10.9. The maximum absolute atomic E-state index is 13.1. The van der Waals surface area contributed by atoms with Gasteiger partial charge in [-0.25, -0.2) is 0 Å². The lowest BCUT2D eigenvalue weighted by atomic mass is 9.98. The zero-order valence-electron chi connectivity index (χ0n) is 18.9. The Balaban J connectivity index is 1.66. The number of aromatic nitrogens is 1. The number of amides is 1. The molecule has 0 aliphatic rings. The topological polar surface area (TPSA) is 63.6 Å². The van der Waals surface area contributed by atoms with Crippen LogP contribution in [0.3, 0.4) is 0 Å². The molecule has 0 atom stereocenters. The molecule has 0 fully saturated rings. The Labute approximate surface area is 199 Å². The van der Waals surface area contributed by atoms with Crippen molar-refractivity contribution in [1.82, 2.24) is 4.98 Å². The number of aliphatic imine (C=N–C) groups is 1. The maximum atomic E-state index is 13.1. The largest absolute Gasteiger partial charge is 0.488 e. The van der Waals surface area contributed by atoms with E-state index in [1.165, 1.54) is 0 Å². The molecule has 0 saturated heterocycles. The quantitative estimate of drug-likeness (QED) is 0.311. The molecule has 3 aromatic carbocycles. The lowest BCUT2D eigenvalue weighted by Crippen LogP contribution is -2.14. The monoisotopic (exact) mass is 447 g/mol. The number of nitrogens with one attached hydrogen (secondary N) is 1. The number of aryl methyl sites for hydroxylation is 1. The van der Waals surface area contributed by atoms with Crippen LogP contribution < -0.4 is 10.1 Å². The van der Waals surface area contributed by atoms with E-state index in [4.69, 9.17) is 4.74 Å². The second-order valence-corrected chi connectivity index (χ2v) is 7.75. The molecule has 1 amide bonds. The summed E-state index contributed by atoms with van der Waals surface area (Å²) in [6, 6.07) is 25.3. The zero-order chi connectivity index (χ0) is 23.8. The van der Waals surface area contributed by atoms with E-state index >= 15 is 0 Å². The fourth-order valence-corrected chi connectivity index (χ4v) is 3.55. The summed E-state index contributed by atoms with van der Waals surface area (Å²) in [7, 11) is 0. The van der Waals surface area contributed by atoms with Crippen LogP contribution in [0.25, 0.3) is 17.2 Å². The van der Waals surface area contributed by atoms with Gasteiger partial charge in [-0.15, -0.1) is 0 Å². The van der Waals surface area contributed by atoms with E-state index in [1.807, 2.05) is 60.7 Å². The Kier molecular flexibility index (Phi) is 7.25. The molecule has 0 saturated carbocycles. The first-order valence-electron chi connectivity index (χ1n) is 10.9. The van der Waals surface area contributed by atoms with Crippen molar-refractivity contribution in [1.29, 1.82) is 0 Å². The van der Waals surface area contributed by atoms with Gasteiger partial charge >= 0.3 is 0 Å². The average Bonchev–Trinajstić information content (AvgIpc) is 2.87. The van der Waals surface area contributed by atoms with Crippen molar-refractivity contribution >= 4 is 24.4 Å². The standard InChI is InChI=1S/C29H25N3O2/c1-21-17-24(11-10-23(21)14-16-30-2)25-12-13-27(29(33)32-26-9-6-15-31-19-26)28(18-25)34-20-22-7-4-3-5-8-22/h3-19H,2,20H2,1H3,(H,32,33)/b16-14-. The van der Waals surface area contributed by atoms with E-state index in [9.17, 15) is 4.79 Å². The Morgan fingerprint density at radius 3 is 2.56 bits per heavy atom. The molecule has 1 aromatic heterocycles. The number of carbonyl (C=O) groups excluding carboxylic acids is 1.